The van der Waals surface area contributed by atoms with E-state index >= 15 is 0 Å². The van der Waals surface area contributed by atoms with Crippen LogP contribution in [0, 0.1) is 0 Å². The first-order chi connectivity index (χ1) is 8.11. The molecule has 5 nitrogen and oxygen atoms in total. The van der Waals surface area contributed by atoms with Gasteiger partial charge in [0, 0.05) is 7.05 Å². The summed E-state index contributed by atoms with van der Waals surface area (Å²) in [5.74, 6) is -0.968. The van der Waals surface area contributed by atoms with Crippen LogP contribution in [-0.4, -0.2) is 20.9 Å². The molecule has 0 aliphatic heterocycles. The molecule has 0 atom stereocenters. The molecule has 17 heavy (non-hydrogen) atoms. The van der Waals surface area contributed by atoms with Crippen LogP contribution in [0.15, 0.2) is 11.0 Å². The van der Waals surface area contributed by atoms with Gasteiger partial charge in [0.15, 0.2) is 0 Å². The van der Waals surface area contributed by atoms with Gasteiger partial charge in [0.2, 0.25) is 0 Å². The van der Waals surface area contributed by atoms with Gasteiger partial charge in [-0.15, -0.1) is 0 Å². The van der Waals surface area contributed by atoms with Crippen molar-refractivity contribution >= 4 is 5.97 Å². The van der Waals surface area contributed by atoms with Crippen LogP contribution < -0.4 is 5.56 Å². The van der Waals surface area contributed by atoms with Crippen LogP contribution in [0.3, 0.4) is 0 Å². The van der Waals surface area contributed by atoms with E-state index in [0.29, 0.717) is 5.56 Å². The van der Waals surface area contributed by atoms with Crippen LogP contribution in [0.25, 0.3) is 0 Å². The van der Waals surface area contributed by atoms with Crippen molar-refractivity contribution in [1.82, 2.24) is 9.78 Å². The molecular formula is C12H16N2O3. The maximum Gasteiger partial charge on any atom is 0.341 e. The SMILES string of the molecule is Cn1ncc(C2CCCCC2)c(C(=O)O)c1=O. The Labute approximate surface area is 99.1 Å². The van der Waals surface area contributed by atoms with Gasteiger partial charge >= 0.3 is 5.97 Å². The Balaban J connectivity index is 2.49. The average molecular weight is 236 g/mol. The molecule has 1 heterocycles. The number of carbonyl (C=O) groups is 1. The van der Waals surface area contributed by atoms with E-state index in [-0.39, 0.29) is 11.5 Å². The number of hydrogen-bond donors (Lipinski definition) is 1. The Hall–Kier alpha value is -1.65. The molecule has 0 amide bonds. The van der Waals surface area contributed by atoms with E-state index in [9.17, 15) is 9.59 Å². The normalized spacial score (nSPS) is 17.0. The zero-order chi connectivity index (χ0) is 12.4. The van der Waals surface area contributed by atoms with Gasteiger partial charge in [-0.1, -0.05) is 19.3 Å². The molecule has 0 spiro atoms. The number of carboxylic acid groups (broad SMARTS) is 1. The molecule has 1 saturated carbocycles. The van der Waals surface area contributed by atoms with Crippen LogP contribution in [0.5, 0.6) is 0 Å². The Kier molecular flexibility index (Phi) is 3.26. The molecule has 2 rings (SSSR count). The fourth-order valence-corrected chi connectivity index (χ4v) is 2.49. The lowest BCUT2D eigenvalue weighted by atomic mass is 9.83. The smallest absolute Gasteiger partial charge is 0.341 e. The predicted octanol–water partition coefficient (Wildman–Crippen LogP) is 1.53. The Bertz CT molecular complexity index is 487. The van der Waals surface area contributed by atoms with Gasteiger partial charge in [-0.2, -0.15) is 5.10 Å². The Morgan fingerprint density at radius 2 is 2.06 bits per heavy atom. The Morgan fingerprint density at radius 1 is 1.41 bits per heavy atom. The largest absolute Gasteiger partial charge is 0.477 e. The summed E-state index contributed by atoms with van der Waals surface area (Å²) in [4.78, 5) is 23.0. The number of hydrogen-bond acceptors (Lipinski definition) is 3. The number of nitrogens with zero attached hydrogens (tertiary/aromatic N) is 2. The second kappa shape index (κ2) is 4.69. The van der Waals surface area contributed by atoms with Crippen molar-refractivity contribution in [2.45, 2.75) is 38.0 Å². The lowest BCUT2D eigenvalue weighted by molar-refractivity contribution is 0.0691. The molecule has 1 fully saturated rings. The summed E-state index contributed by atoms with van der Waals surface area (Å²) in [5, 5.41) is 13.1. The van der Waals surface area contributed by atoms with Crippen molar-refractivity contribution in [2.75, 3.05) is 0 Å². The number of carboxylic acids is 1. The summed E-state index contributed by atoms with van der Waals surface area (Å²) >= 11 is 0. The molecule has 1 aromatic heterocycles. The fourth-order valence-electron chi connectivity index (χ4n) is 2.49. The summed E-state index contributed by atoms with van der Waals surface area (Å²) in [5.41, 5.74) is -0.00438. The molecule has 5 heteroatoms. The van der Waals surface area contributed by atoms with Crippen molar-refractivity contribution < 1.29 is 9.90 Å². The van der Waals surface area contributed by atoms with Crippen LogP contribution >= 0.6 is 0 Å². The quantitative estimate of drug-likeness (QED) is 0.845. The first-order valence-corrected chi connectivity index (χ1v) is 5.90. The monoisotopic (exact) mass is 236 g/mol. The minimum Gasteiger partial charge on any atom is -0.477 e. The van der Waals surface area contributed by atoms with Crippen molar-refractivity contribution in [3.8, 4) is 0 Å². The summed E-state index contributed by atoms with van der Waals surface area (Å²) in [6, 6.07) is 0. The zero-order valence-corrected chi connectivity index (χ0v) is 9.85. The van der Waals surface area contributed by atoms with Crippen molar-refractivity contribution in [3.63, 3.8) is 0 Å². The van der Waals surface area contributed by atoms with E-state index in [1.165, 1.54) is 13.5 Å². The van der Waals surface area contributed by atoms with Crippen LogP contribution in [0.4, 0.5) is 0 Å². The highest BCUT2D eigenvalue weighted by atomic mass is 16.4. The van der Waals surface area contributed by atoms with Crippen molar-refractivity contribution in [2.24, 2.45) is 7.05 Å². The average Bonchev–Trinajstić information content (AvgIpc) is 2.33. The Morgan fingerprint density at radius 3 is 2.65 bits per heavy atom. The molecule has 1 aliphatic rings. The third kappa shape index (κ3) is 2.23. The molecule has 1 aromatic rings. The summed E-state index contributed by atoms with van der Waals surface area (Å²) in [6.45, 7) is 0. The molecule has 0 unspecified atom stereocenters. The highest BCUT2D eigenvalue weighted by Gasteiger charge is 2.24. The van der Waals surface area contributed by atoms with Crippen LogP contribution in [0.2, 0.25) is 0 Å². The van der Waals surface area contributed by atoms with Gasteiger partial charge in [-0.3, -0.25) is 4.79 Å². The maximum absolute atomic E-state index is 11.8. The summed E-state index contributed by atoms with van der Waals surface area (Å²) in [7, 11) is 1.47. The number of rotatable bonds is 2. The van der Waals surface area contributed by atoms with Gasteiger partial charge in [0.05, 0.1) is 6.20 Å². The minimum absolute atomic E-state index is 0.102. The van der Waals surface area contributed by atoms with Gasteiger partial charge < -0.3 is 5.11 Å². The van der Waals surface area contributed by atoms with Gasteiger partial charge in [0.1, 0.15) is 5.56 Å². The lowest BCUT2D eigenvalue weighted by Gasteiger charge is -2.22. The molecule has 1 N–H and O–H groups in total. The molecule has 92 valence electrons. The van der Waals surface area contributed by atoms with E-state index in [0.717, 1.165) is 30.4 Å². The van der Waals surface area contributed by atoms with E-state index in [2.05, 4.69) is 5.10 Å². The van der Waals surface area contributed by atoms with E-state index in [1.807, 2.05) is 0 Å². The maximum atomic E-state index is 11.8. The van der Waals surface area contributed by atoms with Crippen molar-refractivity contribution in [1.29, 1.82) is 0 Å². The van der Waals surface area contributed by atoms with Gasteiger partial charge in [-0.25, -0.2) is 9.48 Å². The number of aryl methyl sites for hydroxylation is 1. The van der Waals surface area contributed by atoms with Crippen LogP contribution in [-0.2, 0) is 7.05 Å². The third-order valence-corrected chi connectivity index (χ3v) is 3.43. The molecule has 0 aromatic carbocycles. The topological polar surface area (TPSA) is 72.2 Å². The van der Waals surface area contributed by atoms with Crippen LogP contribution in [0.1, 0.15) is 53.9 Å². The number of aromatic carboxylic acids is 1. The molecule has 1 aliphatic carbocycles. The van der Waals surface area contributed by atoms with E-state index in [4.69, 9.17) is 5.11 Å². The third-order valence-electron chi connectivity index (χ3n) is 3.43. The second-order valence-corrected chi connectivity index (χ2v) is 4.54. The summed E-state index contributed by atoms with van der Waals surface area (Å²) in [6.07, 6.45) is 6.83. The lowest BCUT2D eigenvalue weighted by Crippen LogP contribution is -2.29. The number of aromatic nitrogens is 2. The fraction of sp³-hybridized carbons (Fsp3) is 0.583. The molecular weight excluding hydrogens is 220 g/mol. The minimum atomic E-state index is -1.14. The molecule has 0 radical (unpaired) electrons. The van der Waals surface area contributed by atoms with Gasteiger partial charge in [-0.05, 0) is 24.3 Å². The summed E-state index contributed by atoms with van der Waals surface area (Å²) < 4.78 is 1.08. The standard InChI is InChI=1S/C12H16N2O3/c1-14-11(15)10(12(16)17)9(7-13-14)8-5-3-2-4-6-8/h7-8H,2-6H2,1H3,(H,16,17). The van der Waals surface area contributed by atoms with E-state index in [1.54, 1.807) is 6.20 Å². The first-order valence-electron chi connectivity index (χ1n) is 5.90. The van der Waals surface area contributed by atoms with E-state index < -0.39 is 11.5 Å². The zero-order valence-electron chi connectivity index (χ0n) is 9.85. The first kappa shape index (κ1) is 11.8. The highest BCUT2D eigenvalue weighted by Crippen LogP contribution is 2.33. The van der Waals surface area contributed by atoms with Gasteiger partial charge in [0.25, 0.3) is 5.56 Å². The molecule has 0 bridgehead atoms. The van der Waals surface area contributed by atoms with Crippen molar-refractivity contribution in [3.05, 3.63) is 27.7 Å². The highest BCUT2D eigenvalue weighted by molar-refractivity contribution is 5.89. The second-order valence-electron chi connectivity index (χ2n) is 4.54. The predicted molar refractivity (Wildman–Crippen MR) is 62.3 cm³/mol. The molecule has 0 saturated heterocycles.